The van der Waals surface area contributed by atoms with Crippen molar-refractivity contribution in [3.05, 3.63) is 27.7 Å². The van der Waals surface area contributed by atoms with Crippen molar-refractivity contribution in [2.45, 2.75) is 13.3 Å². The predicted octanol–water partition coefficient (Wildman–Crippen LogP) is 1.97. The molecule has 112 valence electrons. The second kappa shape index (κ2) is 7.98. The van der Waals surface area contributed by atoms with Crippen molar-refractivity contribution in [1.82, 2.24) is 4.90 Å². The molecule has 0 aliphatic carbocycles. The first-order valence-corrected chi connectivity index (χ1v) is 7.92. The van der Waals surface area contributed by atoms with Gasteiger partial charge in [-0.2, -0.15) is 0 Å². The van der Waals surface area contributed by atoms with Crippen molar-refractivity contribution in [2.24, 2.45) is 5.73 Å². The van der Waals surface area contributed by atoms with Crippen LogP contribution in [-0.2, 0) is 11.2 Å². The Morgan fingerprint density at radius 3 is 2.80 bits per heavy atom. The van der Waals surface area contributed by atoms with Gasteiger partial charge in [-0.15, -0.1) is 0 Å². The van der Waals surface area contributed by atoms with Crippen LogP contribution in [0.5, 0.6) is 5.75 Å². The first-order valence-electron chi connectivity index (χ1n) is 7.12. The van der Waals surface area contributed by atoms with Crippen LogP contribution in [0.4, 0.5) is 0 Å². The highest BCUT2D eigenvalue weighted by Gasteiger charge is 2.12. The zero-order chi connectivity index (χ0) is 14.4. The van der Waals surface area contributed by atoms with Gasteiger partial charge in [0.25, 0.3) is 0 Å². The van der Waals surface area contributed by atoms with Gasteiger partial charge >= 0.3 is 0 Å². The Bertz CT molecular complexity index is 434. The maximum atomic E-state index is 6.02. The van der Waals surface area contributed by atoms with Gasteiger partial charge in [0.2, 0.25) is 0 Å². The van der Waals surface area contributed by atoms with E-state index >= 15 is 0 Å². The number of rotatable bonds is 6. The van der Waals surface area contributed by atoms with Crippen LogP contribution < -0.4 is 10.5 Å². The smallest absolute Gasteiger partial charge is 0.125 e. The van der Waals surface area contributed by atoms with Crippen LogP contribution in [0.15, 0.2) is 16.6 Å². The summed E-state index contributed by atoms with van der Waals surface area (Å²) in [5, 5.41) is 0. The van der Waals surface area contributed by atoms with Crippen LogP contribution in [-0.4, -0.2) is 50.9 Å². The minimum Gasteiger partial charge on any atom is -0.492 e. The summed E-state index contributed by atoms with van der Waals surface area (Å²) < 4.78 is 12.4. The third-order valence-electron chi connectivity index (χ3n) is 3.49. The molecule has 0 amide bonds. The predicted molar refractivity (Wildman–Crippen MR) is 84.4 cm³/mol. The molecule has 0 radical (unpaired) electrons. The maximum Gasteiger partial charge on any atom is 0.125 e. The van der Waals surface area contributed by atoms with E-state index in [1.807, 2.05) is 0 Å². The average molecular weight is 343 g/mol. The van der Waals surface area contributed by atoms with Gasteiger partial charge in [0.15, 0.2) is 0 Å². The molecule has 1 aliphatic rings. The van der Waals surface area contributed by atoms with Crippen LogP contribution in [0.1, 0.15) is 11.1 Å². The number of halogens is 1. The van der Waals surface area contributed by atoms with E-state index in [0.717, 1.165) is 55.1 Å². The van der Waals surface area contributed by atoms with Crippen molar-refractivity contribution in [3.8, 4) is 5.75 Å². The lowest BCUT2D eigenvalue weighted by atomic mass is 10.1. The molecule has 0 saturated carbocycles. The molecule has 20 heavy (non-hydrogen) atoms. The number of ether oxygens (including phenoxy) is 2. The summed E-state index contributed by atoms with van der Waals surface area (Å²) in [6.45, 7) is 8.02. The van der Waals surface area contributed by atoms with Crippen molar-refractivity contribution >= 4 is 15.9 Å². The van der Waals surface area contributed by atoms with Gasteiger partial charge in [-0.3, -0.25) is 4.90 Å². The zero-order valence-electron chi connectivity index (χ0n) is 12.0. The lowest BCUT2D eigenvalue weighted by Crippen LogP contribution is -2.38. The van der Waals surface area contributed by atoms with Crippen molar-refractivity contribution in [3.63, 3.8) is 0 Å². The standard InChI is InChI=1S/C15H23BrN2O2/c1-12-10-14(16)11-13(2-3-17)15(12)20-9-6-18-4-7-19-8-5-18/h10-11H,2-9,17H2,1H3. The summed E-state index contributed by atoms with van der Waals surface area (Å²) in [6, 6.07) is 4.19. The molecule has 4 nitrogen and oxygen atoms in total. The topological polar surface area (TPSA) is 47.7 Å². The van der Waals surface area contributed by atoms with Crippen LogP contribution >= 0.6 is 15.9 Å². The van der Waals surface area contributed by atoms with Gasteiger partial charge < -0.3 is 15.2 Å². The molecule has 1 aliphatic heterocycles. The number of morpholine rings is 1. The molecule has 2 N–H and O–H groups in total. The van der Waals surface area contributed by atoms with Gasteiger partial charge in [-0.1, -0.05) is 15.9 Å². The number of aryl methyl sites for hydroxylation is 1. The monoisotopic (exact) mass is 342 g/mol. The van der Waals surface area contributed by atoms with Gasteiger partial charge in [0.1, 0.15) is 12.4 Å². The SMILES string of the molecule is Cc1cc(Br)cc(CCN)c1OCCN1CCOCC1. The Morgan fingerprint density at radius 2 is 2.10 bits per heavy atom. The van der Waals surface area contributed by atoms with Gasteiger partial charge in [0.05, 0.1) is 13.2 Å². The summed E-state index contributed by atoms with van der Waals surface area (Å²) in [5.74, 6) is 0.993. The maximum absolute atomic E-state index is 6.02. The quantitative estimate of drug-likeness (QED) is 0.858. The Kier molecular flexibility index (Phi) is 6.29. The fourth-order valence-corrected chi connectivity index (χ4v) is 3.07. The lowest BCUT2D eigenvalue weighted by Gasteiger charge is -2.26. The van der Waals surface area contributed by atoms with E-state index in [9.17, 15) is 0 Å². The number of benzene rings is 1. The van der Waals surface area contributed by atoms with E-state index in [0.29, 0.717) is 13.2 Å². The third kappa shape index (κ3) is 4.45. The van der Waals surface area contributed by atoms with E-state index in [2.05, 4.69) is 39.9 Å². The third-order valence-corrected chi connectivity index (χ3v) is 3.95. The summed E-state index contributed by atoms with van der Waals surface area (Å²) >= 11 is 3.53. The van der Waals surface area contributed by atoms with E-state index in [4.69, 9.17) is 15.2 Å². The first kappa shape index (κ1) is 15.8. The van der Waals surface area contributed by atoms with Crippen LogP contribution in [0.25, 0.3) is 0 Å². The summed E-state index contributed by atoms with van der Waals surface area (Å²) in [4.78, 5) is 2.38. The minimum absolute atomic E-state index is 0.635. The fourth-order valence-electron chi connectivity index (χ4n) is 2.45. The van der Waals surface area contributed by atoms with E-state index in [1.54, 1.807) is 0 Å². The van der Waals surface area contributed by atoms with Gasteiger partial charge in [0, 0.05) is 24.1 Å². The Morgan fingerprint density at radius 1 is 1.35 bits per heavy atom. The number of nitrogens with zero attached hydrogens (tertiary/aromatic N) is 1. The molecule has 5 heteroatoms. The average Bonchev–Trinajstić information content (AvgIpc) is 2.43. The second-order valence-electron chi connectivity index (χ2n) is 5.05. The van der Waals surface area contributed by atoms with E-state index < -0.39 is 0 Å². The highest BCUT2D eigenvalue weighted by atomic mass is 79.9. The molecule has 1 fully saturated rings. The first-order chi connectivity index (χ1) is 9.70. The molecule has 1 aromatic carbocycles. The fraction of sp³-hybridized carbons (Fsp3) is 0.600. The molecule has 0 aromatic heterocycles. The largest absolute Gasteiger partial charge is 0.492 e. The highest BCUT2D eigenvalue weighted by Crippen LogP contribution is 2.28. The van der Waals surface area contributed by atoms with Gasteiger partial charge in [-0.25, -0.2) is 0 Å². The number of hydrogen-bond donors (Lipinski definition) is 1. The normalized spacial score (nSPS) is 16.4. The minimum atomic E-state index is 0.635. The Labute approximate surface area is 129 Å². The molecule has 0 spiro atoms. The number of nitrogens with two attached hydrogens (primary N) is 1. The lowest BCUT2D eigenvalue weighted by molar-refractivity contribution is 0.0321. The van der Waals surface area contributed by atoms with Crippen molar-refractivity contribution in [1.29, 1.82) is 0 Å². The summed E-state index contributed by atoms with van der Waals surface area (Å²) in [6.07, 6.45) is 0.840. The van der Waals surface area contributed by atoms with Gasteiger partial charge in [-0.05, 0) is 43.1 Å². The van der Waals surface area contributed by atoms with Crippen LogP contribution in [0, 0.1) is 6.92 Å². The molecular formula is C15H23BrN2O2. The molecule has 1 heterocycles. The second-order valence-corrected chi connectivity index (χ2v) is 5.97. The molecule has 2 rings (SSSR count). The summed E-state index contributed by atoms with van der Waals surface area (Å²) in [7, 11) is 0. The van der Waals surface area contributed by atoms with Crippen LogP contribution in [0.3, 0.4) is 0 Å². The molecule has 0 bridgehead atoms. The molecule has 0 atom stereocenters. The van der Waals surface area contributed by atoms with Crippen molar-refractivity contribution < 1.29 is 9.47 Å². The van der Waals surface area contributed by atoms with E-state index in [-0.39, 0.29) is 0 Å². The van der Waals surface area contributed by atoms with E-state index in [1.165, 1.54) is 5.56 Å². The molecule has 1 saturated heterocycles. The molecule has 1 aromatic rings. The summed E-state index contributed by atoms with van der Waals surface area (Å²) in [5.41, 5.74) is 8.02. The Balaban J connectivity index is 1.93. The number of hydrogen-bond acceptors (Lipinski definition) is 4. The zero-order valence-corrected chi connectivity index (χ0v) is 13.6. The molecule has 0 unspecified atom stereocenters. The Hall–Kier alpha value is -0.620. The van der Waals surface area contributed by atoms with Crippen LogP contribution in [0.2, 0.25) is 0 Å². The molecular weight excluding hydrogens is 320 g/mol. The van der Waals surface area contributed by atoms with Crippen molar-refractivity contribution in [2.75, 3.05) is 46.0 Å². The highest BCUT2D eigenvalue weighted by molar-refractivity contribution is 9.10.